The first kappa shape index (κ1) is 18.7. The van der Waals surface area contributed by atoms with Crippen molar-refractivity contribution in [2.75, 3.05) is 6.26 Å². The van der Waals surface area contributed by atoms with E-state index in [0.29, 0.717) is 20.9 Å². The summed E-state index contributed by atoms with van der Waals surface area (Å²) in [5, 5.41) is 13.4. The van der Waals surface area contributed by atoms with E-state index < -0.39 is 11.7 Å². The third-order valence-electron chi connectivity index (χ3n) is 3.86. The zero-order chi connectivity index (χ0) is 20.1. The number of fused-ring (bicyclic) bond motifs is 2. The average Bonchev–Trinajstić information content (AvgIpc) is 2.92. The van der Waals surface area contributed by atoms with Gasteiger partial charge < -0.3 is 4.98 Å². The quantitative estimate of drug-likeness (QED) is 0.301. The first-order valence-corrected chi connectivity index (χ1v) is 9.85. The van der Waals surface area contributed by atoms with Gasteiger partial charge in [0.25, 0.3) is 5.56 Å². The Morgan fingerprint density at radius 1 is 1.21 bits per heavy atom. The van der Waals surface area contributed by atoms with Crippen LogP contribution in [0.1, 0.15) is 16.7 Å². The van der Waals surface area contributed by atoms with E-state index in [1.807, 2.05) is 0 Å². The zero-order valence-corrected chi connectivity index (χ0v) is 16.0. The first-order chi connectivity index (χ1) is 13.3. The lowest BCUT2D eigenvalue weighted by Crippen LogP contribution is -2.15. The Hall–Kier alpha value is -2.60. The Kier molecular flexibility index (Phi) is 4.54. The maximum Gasteiger partial charge on any atom is 0.416 e. The molecule has 1 N–H and O–H groups in total. The molecule has 7 nitrogen and oxygen atoms in total. The summed E-state index contributed by atoms with van der Waals surface area (Å²) in [4.78, 5) is 19.2. The van der Waals surface area contributed by atoms with E-state index in [9.17, 15) is 18.0 Å². The van der Waals surface area contributed by atoms with Crippen molar-refractivity contribution in [1.82, 2.24) is 24.8 Å². The van der Waals surface area contributed by atoms with Gasteiger partial charge in [0.05, 0.1) is 17.3 Å². The number of thioether (sulfide) groups is 1. The van der Waals surface area contributed by atoms with Gasteiger partial charge in [0.2, 0.25) is 5.16 Å². The van der Waals surface area contributed by atoms with Crippen LogP contribution in [-0.4, -0.2) is 37.3 Å². The molecule has 4 rings (SSSR count). The molecule has 12 heteroatoms. The van der Waals surface area contributed by atoms with E-state index in [0.717, 1.165) is 23.9 Å². The number of hydrogen-bond acceptors (Lipinski definition) is 7. The van der Waals surface area contributed by atoms with Gasteiger partial charge in [-0.15, -0.1) is 10.2 Å². The van der Waals surface area contributed by atoms with E-state index in [-0.39, 0.29) is 22.5 Å². The third-order valence-corrected chi connectivity index (χ3v) is 5.38. The lowest BCUT2D eigenvalue weighted by atomic mass is 10.1. The number of aryl methyl sites for hydroxylation is 1. The van der Waals surface area contributed by atoms with Gasteiger partial charge in [-0.05, 0) is 48.7 Å². The van der Waals surface area contributed by atoms with Gasteiger partial charge in [0.15, 0.2) is 11.0 Å². The van der Waals surface area contributed by atoms with Gasteiger partial charge >= 0.3 is 6.18 Å². The molecule has 0 unspecified atom stereocenters. The van der Waals surface area contributed by atoms with Crippen molar-refractivity contribution in [3.05, 3.63) is 45.2 Å². The number of rotatable bonds is 2. The van der Waals surface area contributed by atoms with Crippen molar-refractivity contribution in [2.24, 2.45) is 5.10 Å². The molecule has 1 aliphatic rings. The molecule has 1 aromatic carbocycles. The molecule has 0 fully saturated rings. The van der Waals surface area contributed by atoms with Gasteiger partial charge in [-0.25, -0.2) is 4.98 Å². The van der Waals surface area contributed by atoms with Crippen molar-refractivity contribution in [1.29, 1.82) is 0 Å². The van der Waals surface area contributed by atoms with Crippen LogP contribution in [0.2, 0.25) is 0 Å². The van der Waals surface area contributed by atoms with Crippen LogP contribution in [-0.2, 0) is 6.18 Å². The molecule has 0 radical (unpaired) electrons. The third kappa shape index (κ3) is 3.33. The van der Waals surface area contributed by atoms with Crippen molar-refractivity contribution in [2.45, 2.75) is 28.4 Å². The monoisotopic (exact) mass is 424 g/mol. The molecule has 1 aliphatic heterocycles. The van der Waals surface area contributed by atoms with Crippen molar-refractivity contribution < 1.29 is 13.2 Å². The molecular formula is C16H11F3N6OS2. The number of nitrogens with zero attached hydrogens (tertiary/aromatic N) is 5. The van der Waals surface area contributed by atoms with Gasteiger partial charge in [-0.1, -0.05) is 11.8 Å². The van der Waals surface area contributed by atoms with Crippen LogP contribution in [0.15, 0.2) is 43.4 Å². The highest BCUT2D eigenvalue weighted by molar-refractivity contribution is 7.99. The Balaban J connectivity index is 1.84. The van der Waals surface area contributed by atoms with E-state index in [1.165, 1.54) is 22.7 Å². The number of halogens is 3. The number of benzene rings is 1. The summed E-state index contributed by atoms with van der Waals surface area (Å²) in [6.07, 6.45) is -1.40. The van der Waals surface area contributed by atoms with E-state index in [2.05, 4.69) is 25.3 Å². The van der Waals surface area contributed by atoms with Crippen LogP contribution in [0.5, 0.6) is 0 Å². The molecule has 2 aromatic heterocycles. The standard InChI is InChI=1S/C16H11F3N6OS2/c1-7-3-8(5-9(4-7)16(17,18)19)11-23-24-15-25(11)20-6-10-12(26)21-14(27-2)22-13(10)28-15/h3-6H,1-2H3,(H,21,22,26). The van der Waals surface area contributed by atoms with Gasteiger partial charge in [-0.3, -0.25) is 4.79 Å². The molecule has 3 heterocycles. The normalized spacial score (nSPS) is 13.2. The highest BCUT2D eigenvalue weighted by Gasteiger charge is 2.32. The van der Waals surface area contributed by atoms with Crippen LogP contribution >= 0.6 is 23.5 Å². The lowest BCUT2D eigenvalue weighted by Gasteiger charge is -2.10. The van der Waals surface area contributed by atoms with Gasteiger partial charge in [0.1, 0.15) is 5.03 Å². The van der Waals surface area contributed by atoms with Crippen molar-refractivity contribution >= 4 is 29.7 Å². The molecular weight excluding hydrogens is 413 g/mol. The summed E-state index contributed by atoms with van der Waals surface area (Å²) in [5.41, 5.74) is -0.240. The number of aromatic amines is 1. The highest BCUT2D eigenvalue weighted by atomic mass is 32.2. The molecule has 0 atom stereocenters. The van der Waals surface area contributed by atoms with Crippen LogP contribution < -0.4 is 5.56 Å². The predicted molar refractivity (Wildman–Crippen MR) is 99.0 cm³/mol. The van der Waals surface area contributed by atoms with Crippen LogP contribution in [0.4, 0.5) is 13.2 Å². The number of H-pyrrole nitrogens is 1. The van der Waals surface area contributed by atoms with Gasteiger partial charge in [-0.2, -0.15) is 22.9 Å². The minimum Gasteiger partial charge on any atom is -0.301 e. The molecule has 0 saturated carbocycles. The zero-order valence-electron chi connectivity index (χ0n) is 14.4. The second-order valence-electron chi connectivity index (χ2n) is 5.84. The second-order valence-corrected chi connectivity index (χ2v) is 7.60. The first-order valence-electron chi connectivity index (χ1n) is 7.81. The largest absolute Gasteiger partial charge is 0.416 e. The average molecular weight is 424 g/mol. The Morgan fingerprint density at radius 2 is 2.00 bits per heavy atom. The summed E-state index contributed by atoms with van der Waals surface area (Å²) >= 11 is 2.35. The molecule has 0 amide bonds. The summed E-state index contributed by atoms with van der Waals surface area (Å²) in [6, 6.07) is 3.63. The molecule has 144 valence electrons. The maximum atomic E-state index is 13.2. The molecule has 0 saturated heterocycles. The molecule has 0 aliphatic carbocycles. The Labute approximate surface area is 164 Å². The summed E-state index contributed by atoms with van der Waals surface area (Å²) in [6.45, 7) is 1.57. The fourth-order valence-corrected chi connectivity index (χ4v) is 3.92. The Morgan fingerprint density at radius 3 is 2.71 bits per heavy atom. The minimum atomic E-state index is -4.48. The lowest BCUT2D eigenvalue weighted by molar-refractivity contribution is -0.137. The van der Waals surface area contributed by atoms with E-state index in [4.69, 9.17) is 0 Å². The minimum absolute atomic E-state index is 0.141. The van der Waals surface area contributed by atoms with Crippen LogP contribution in [0.25, 0.3) is 11.4 Å². The number of hydrogen-bond donors (Lipinski definition) is 1. The van der Waals surface area contributed by atoms with Gasteiger partial charge in [0, 0.05) is 5.56 Å². The molecule has 3 aromatic rings. The maximum absolute atomic E-state index is 13.2. The van der Waals surface area contributed by atoms with E-state index >= 15 is 0 Å². The molecule has 0 spiro atoms. The predicted octanol–water partition coefficient (Wildman–Crippen LogP) is 3.42. The molecule has 28 heavy (non-hydrogen) atoms. The fourth-order valence-electron chi connectivity index (χ4n) is 2.62. The van der Waals surface area contributed by atoms with E-state index in [1.54, 1.807) is 19.2 Å². The summed E-state index contributed by atoms with van der Waals surface area (Å²) in [5.74, 6) is 0.141. The topological polar surface area (TPSA) is 88.8 Å². The van der Waals surface area contributed by atoms with Crippen molar-refractivity contribution in [3.63, 3.8) is 0 Å². The van der Waals surface area contributed by atoms with Crippen LogP contribution in [0, 0.1) is 6.92 Å². The smallest absolute Gasteiger partial charge is 0.301 e. The molecule has 0 bridgehead atoms. The van der Waals surface area contributed by atoms with Crippen LogP contribution in [0.3, 0.4) is 0 Å². The SMILES string of the molecule is CSc1nc2c(c(=O)[nH]1)C=Nn1c(nnc1-c1cc(C)cc(C(F)(F)F)c1)S2. The summed E-state index contributed by atoms with van der Waals surface area (Å²) < 4.78 is 40.8. The summed E-state index contributed by atoms with van der Waals surface area (Å²) in [7, 11) is 0. The highest BCUT2D eigenvalue weighted by Crippen LogP contribution is 2.35. The second kappa shape index (κ2) is 6.78. The Bertz CT molecular complexity index is 1170. The number of nitrogens with one attached hydrogen (secondary N) is 1. The number of aromatic nitrogens is 5. The fraction of sp³-hybridized carbons (Fsp3) is 0.188. The number of alkyl halides is 3. The van der Waals surface area contributed by atoms with Crippen molar-refractivity contribution in [3.8, 4) is 11.4 Å².